The van der Waals surface area contributed by atoms with Gasteiger partial charge in [-0.25, -0.2) is 0 Å². The van der Waals surface area contributed by atoms with Crippen molar-refractivity contribution in [3.63, 3.8) is 0 Å². The van der Waals surface area contributed by atoms with Crippen molar-refractivity contribution in [2.75, 3.05) is 20.6 Å². The van der Waals surface area contributed by atoms with E-state index in [1.807, 2.05) is 18.4 Å². The van der Waals surface area contributed by atoms with Crippen molar-refractivity contribution in [2.45, 2.75) is 39.3 Å². The van der Waals surface area contributed by atoms with Crippen LogP contribution in [0, 0.1) is 5.92 Å². The first-order valence-electron chi connectivity index (χ1n) is 7.99. The monoisotopic (exact) mass is 288 g/mol. The highest BCUT2D eigenvalue weighted by atomic mass is 16.3. The maximum atomic E-state index is 5.59. The van der Waals surface area contributed by atoms with Crippen LogP contribution in [0.3, 0.4) is 0 Å². The molecular weight excluding hydrogens is 260 g/mol. The lowest BCUT2D eigenvalue weighted by Crippen LogP contribution is -2.42. The molecule has 0 amide bonds. The second-order valence-corrected chi connectivity index (χ2v) is 6.00. The van der Waals surface area contributed by atoms with Crippen molar-refractivity contribution < 1.29 is 4.42 Å². The van der Waals surface area contributed by atoms with Gasteiger partial charge in [-0.1, -0.05) is 44.9 Å². The molecule has 0 aliphatic rings. The minimum Gasteiger partial charge on any atom is -0.464 e. The van der Waals surface area contributed by atoms with Crippen molar-refractivity contribution in [1.29, 1.82) is 0 Å². The lowest BCUT2D eigenvalue weighted by molar-refractivity contribution is 0.194. The number of benzene rings is 1. The van der Waals surface area contributed by atoms with Crippen molar-refractivity contribution >= 4 is 11.0 Å². The number of furan rings is 1. The molecule has 0 aliphatic carbocycles. The van der Waals surface area contributed by atoms with Crippen LogP contribution >= 0.6 is 0 Å². The van der Waals surface area contributed by atoms with Gasteiger partial charge in [0.15, 0.2) is 0 Å². The highest BCUT2D eigenvalue weighted by Gasteiger charge is 2.20. The summed E-state index contributed by atoms with van der Waals surface area (Å²) in [5, 5.41) is 4.83. The predicted molar refractivity (Wildman–Crippen MR) is 89.5 cm³/mol. The quantitative estimate of drug-likeness (QED) is 0.799. The van der Waals surface area contributed by atoms with E-state index in [0.29, 0.717) is 6.04 Å². The van der Waals surface area contributed by atoms with E-state index < -0.39 is 0 Å². The third-order valence-electron chi connectivity index (χ3n) is 4.49. The van der Waals surface area contributed by atoms with Crippen molar-refractivity contribution in [3.05, 3.63) is 36.1 Å². The van der Waals surface area contributed by atoms with Crippen LogP contribution in [-0.4, -0.2) is 31.6 Å². The molecule has 1 atom stereocenters. The fraction of sp³-hybridized carbons (Fsp3) is 0.556. The topological polar surface area (TPSA) is 28.4 Å². The van der Waals surface area contributed by atoms with Gasteiger partial charge in [-0.3, -0.25) is 0 Å². The Balaban J connectivity index is 1.96. The van der Waals surface area contributed by atoms with Crippen molar-refractivity contribution in [1.82, 2.24) is 10.2 Å². The van der Waals surface area contributed by atoms with E-state index in [0.717, 1.165) is 24.6 Å². The van der Waals surface area contributed by atoms with Gasteiger partial charge in [0.2, 0.25) is 0 Å². The lowest BCUT2D eigenvalue weighted by Gasteiger charge is -2.31. The molecule has 116 valence electrons. The number of nitrogens with one attached hydrogen (secondary N) is 1. The van der Waals surface area contributed by atoms with E-state index in [2.05, 4.69) is 50.3 Å². The largest absolute Gasteiger partial charge is 0.464 e. The summed E-state index contributed by atoms with van der Waals surface area (Å²) < 4.78 is 5.59. The summed E-state index contributed by atoms with van der Waals surface area (Å²) in [6.07, 6.45) is 4.34. The smallest absolute Gasteiger partial charge is 0.134 e. The number of nitrogens with zero attached hydrogens (tertiary/aromatic N) is 1. The average molecular weight is 288 g/mol. The molecule has 0 spiro atoms. The Morgan fingerprint density at radius 2 is 1.86 bits per heavy atom. The molecule has 1 N–H and O–H groups in total. The zero-order valence-corrected chi connectivity index (χ0v) is 13.7. The Morgan fingerprint density at radius 1 is 1.14 bits per heavy atom. The van der Waals surface area contributed by atoms with E-state index >= 15 is 0 Å². The second-order valence-electron chi connectivity index (χ2n) is 6.00. The number of hydrogen-bond acceptors (Lipinski definition) is 3. The van der Waals surface area contributed by atoms with E-state index in [4.69, 9.17) is 4.42 Å². The standard InChI is InChI=1S/C18H28N2O/c1-5-14(6-2)17(20(3)4)12-19-11-15-13-21-18-10-8-7-9-16(15)18/h7-10,13-14,17,19H,5-6,11-12H2,1-4H3. The van der Waals surface area contributed by atoms with Gasteiger partial charge in [-0.05, 0) is 26.1 Å². The Bertz CT molecular complexity index is 543. The highest BCUT2D eigenvalue weighted by Crippen LogP contribution is 2.21. The van der Waals surface area contributed by atoms with E-state index in [9.17, 15) is 0 Å². The van der Waals surface area contributed by atoms with Crippen molar-refractivity contribution in [3.8, 4) is 0 Å². The van der Waals surface area contributed by atoms with Crippen LogP contribution < -0.4 is 5.32 Å². The van der Waals surface area contributed by atoms with Crippen LogP contribution in [0.2, 0.25) is 0 Å². The molecule has 1 aromatic heterocycles. The van der Waals surface area contributed by atoms with Gasteiger partial charge in [0.1, 0.15) is 5.58 Å². The SMILES string of the molecule is CCC(CC)C(CNCc1coc2ccccc12)N(C)C. The Kier molecular flexibility index (Phi) is 5.83. The molecule has 3 nitrogen and oxygen atoms in total. The first kappa shape index (κ1) is 16.1. The van der Waals surface area contributed by atoms with Crippen LogP contribution in [0.25, 0.3) is 11.0 Å². The van der Waals surface area contributed by atoms with Gasteiger partial charge in [0.05, 0.1) is 6.26 Å². The fourth-order valence-electron chi connectivity index (χ4n) is 3.13. The molecule has 21 heavy (non-hydrogen) atoms. The van der Waals surface area contributed by atoms with E-state index in [1.165, 1.54) is 23.8 Å². The summed E-state index contributed by atoms with van der Waals surface area (Å²) in [4.78, 5) is 2.35. The molecular formula is C18H28N2O. The van der Waals surface area contributed by atoms with Gasteiger partial charge < -0.3 is 14.6 Å². The minimum atomic E-state index is 0.582. The Morgan fingerprint density at radius 3 is 2.52 bits per heavy atom. The van der Waals surface area contributed by atoms with Crippen molar-refractivity contribution in [2.24, 2.45) is 5.92 Å². The van der Waals surface area contributed by atoms with Gasteiger partial charge in [0.25, 0.3) is 0 Å². The number of fused-ring (bicyclic) bond motifs is 1. The second kappa shape index (κ2) is 7.62. The molecule has 3 heteroatoms. The molecule has 0 aliphatic heterocycles. The predicted octanol–water partition coefficient (Wildman–Crippen LogP) is 3.89. The minimum absolute atomic E-state index is 0.582. The number of hydrogen-bond donors (Lipinski definition) is 1. The first-order chi connectivity index (χ1) is 10.2. The first-order valence-corrected chi connectivity index (χ1v) is 7.99. The maximum absolute atomic E-state index is 5.59. The summed E-state index contributed by atoms with van der Waals surface area (Å²) >= 11 is 0. The molecule has 0 bridgehead atoms. The third-order valence-corrected chi connectivity index (χ3v) is 4.49. The number of para-hydroxylation sites is 1. The van der Waals surface area contributed by atoms with Gasteiger partial charge in [-0.2, -0.15) is 0 Å². The molecule has 0 saturated heterocycles. The Hall–Kier alpha value is -1.32. The zero-order valence-electron chi connectivity index (χ0n) is 13.7. The van der Waals surface area contributed by atoms with Crippen LogP contribution in [0.15, 0.2) is 34.9 Å². The Labute approximate surface area is 128 Å². The maximum Gasteiger partial charge on any atom is 0.134 e. The zero-order chi connectivity index (χ0) is 15.2. The van der Waals surface area contributed by atoms with Crippen LogP contribution in [-0.2, 0) is 6.54 Å². The van der Waals surface area contributed by atoms with Gasteiger partial charge in [-0.15, -0.1) is 0 Å². The molecule has 1 unspecified atom stereocenters. The summed E-state index contributed by atoms with van der Waals surface area (Å²) in [6, 6.07) is 8.80. The normalized spacial score (nSPS) is 13.4. The van der Waals surface area contributed by atoms with Gasteiger partial charge >= 0.3 is 0 Å². The average Bonchev–Trinajstić information content (AvgIpc) is 2.90. The summed E-state index contributed by atoms with van der Waals surface area (Å²) in [6.45, 7) is 6.45. The molecule has 2 aromatic rings. The highest BCUT2D eigenvalue weighted by molar-refractivity contribution is 5.80. The summed E-state index contributed by atoms with van der Waals surface area (Å²) in [5.41, 5.74) is 2.21. The lowest BCUT2D eigenvalue weighted by atomic mass is 9.93. The number of rotatable bonds is 8. The molecule has 1 aromatic carbocycles. The van der Waals surface area contributed by atoms with Crippen LogP contribution in [0.1, 0.15) is 32.3 Å². The molecule has 0 radical (unpaired) electrons. The van der Waals surface area contributed by atoms with Crippen LogP contribution in [0.4, 0.5) is 0 Å². The van der Waals surface area contributed by atoms with E-state index in [-0.39, 0.29) is 0 Å². The van der Waals surface area contributed by atoms with Gasteiger partial charge in [0, 0.05) is 30.1 Å². The molecule has 0 fully saturated rings. The fourth-order valence-corrected chi connectivity index (χ4v) is 3.13. The number of likely N-dealkylation sites (N-methyl/N-ethyl adjacent to an activating group) is 1. The van der Waals surface area contributed by atoms with Crippen LogP contribution in [0.5, 0.6) is 0 Å². The molecule has 0 saturated carbocycles. The molecule has 2 rings (SSSR count). The third kappa shape index (κ3) is 3.86. The molecule has 1 heterocycles. The van der Waals surface area contributed by atoms with E-state index in [1.54, 1.807) is 0 Å². The summed E-state index contributed by atoms with van der Waals surface area (Å²) in [5.74, 6) is 0.744. The summed E-state index contributed by atoms with van der Waals surface area (Å²) in [7, 11) is 4.36.